The fourth-order valence-corrected chi connectivity index (χ4v) is 4.16. The summed E-state index contributed by atoms with van der Waals surface area (Å²) in [7, 11) is 0. The number of amides is 1. The Bertz CT molecular complexity index is 622. The molecule has 2 heterocycles. The smallest absolute Gasteiger partial charge is 0.354 e. The zero-order valence-electron chi connectivity index (χ0n) is 13.3. The van der Waals surface area contributed by atoms with Gasteiger partial charge in [0.1, 0.15) is 23.7 Å². The van der Waals surface area contributed by atoms with Gasteiger partial charge < -0.3 is 10.1 Å². The molecule has 0 aromatic heterocycles. The van der Waals surface area contributed by atoms with Crippen LogP contribution < -0.4 is 5.32 Å². The van der Waals surface area contributed by atoms with Crippen molar-refractivity contribution in [2.45, 2.75) is 40.2 Å². The molecule has 25 heavy (non-hydrogen) atoms. The molecular formula is C15H17Cl3N2O3S2. The van der Waals surface area contributed by atoms with Gasteiger partial charge in [0.2, 0.25) is 3.79 Å². The van der Waals surface area contributed by atoms with Crippen LogP contribution in [0.4, 0.5) is 0 Å². The Labute approximate surface area is 171 Å². The van der Waals surface area contributed by atoms with Crippen LogP contribution in [-0.2, 0) is 14.3 Å². The van der Waals surface area contributed by atoms with Crippen molar-refractivity contribution in [2.75, 3.05) is 6.61 Å². The largest absolute Gasteiger partial charge is 0.456 e. The molecule has 2 rings (SSSR count). The molecule has 0 aliphatic carbocycles. The number of esters is 1. The number of nitrogens with zero attached hydrogens (tertiary/aromatic N) is 1. The number of β-lactam (4-membered cyclic amide) rings is 1. The van der Waals surface area contributed by atoms with E-state index in [4.69, 9.17) is 51.8 Å². The summed E-state index contributed by atoms with van der Waals surface area (Å²) in [6.07, 6.45) is 4.80. The predicted molar refractivity (Wildman–Crippen MR) is 106 cm³/mol. The number of rotatable bonds is 6. The van der Waals surface area contributed by atoms with Gasteiger partial charge in [0.15, 0.2) is 0 Å². The van der Waals surface area contributed by atoms with E-state index in [1.54, 1.807) is 23.9 Å². The highest BCUT2D eigenvalue weighted by molar-refractivity contribution is 8.00. The van der Waals surface area contributed by atoms with Crippen molar-refractivity contribution in [1.29, 1.82) is 0 Å². The Balaban J connectivity index is 2.04. The summed E-state index contributed by atoms with van der Waals surface area (Å²) in [4.78, 5) is 26.7. The van der Waals surface area contributed by atoms with Crippen molar-refractivity contribution >= 4 is 75.6 Å². The molecule has 2 unspecified atom stereocenters. The first-order chi connectivity index (χ1) is 11.6. The van der Waals surface area contributed by atoms with Gasteiger partial charge in [0.25, 0.3) is 5.91 Å². The van der Waals surface area contributed by atoms with Crippen LogP contribution in [0.25, 0.3) is 0 Å². The van der Waals surface area contributed by atoms with E-state index in [2.05, 4.69) is 11.9 Å². The van der Waals surface area contributed by atoms with E-state index in [1.165, 1.54) is 4.90 Å². The summed E-state index contributed by atoms with van der Waals surface area (Å²) in [6, 6.07) is -0.463. The molecule has 1 N–H and O–H groups in total. The van der Waals surface area contributed by atoms with Crippen LogP contribution in [0.1, 0.15) is 19.8 Å². The monoisotopic (exact) mass is 442 g/mol. The summed E-state index contributed by atoms with van der Waals surface area (Å²) in [5.74, 6) is -0.924. The summed E-state index contributed by atoms with van der Waals surface area (Å²) in [6.45, 7) is 5.18. The minimum atomic E-state index is -1.70. The number of alkyl halides is 3. The number of hydrogen-bond acceptors (Lipinski definition) is 5. The van der Waals surface area contributed by atoms with Gasteiger partial charge >= 0.3 is 5.97 Å². The quantitative estimate of drug-likeness (QED) is 0.223. The van der Waals surface area contributed by atoms with E-state index in [0.29, 0.717) is 11.4 Å². The first-order valence-corrected chi connectivity index (χ1v) is 9.97. The number of hydrogen-bond donors (Lipinski definition) is 1. The van der Waals surface area contributed by atoms with Crippen molar-refractivity contribution in [3.63, 3.8) is 0 Å². The average molecular weight is 444 g/mol. The Morgan fingerprint density at radius 1 is 1.56 bits per heavy atom. The fourth-order valence-electron chi connectivity index (χ4n) is 2.42. The average Bonchev–Trinajstić information content (AvgIpc) is 2.54. The predicted octanol–water partition coefficient (Wildman–Crippen LogP) is 3.34. The second kappa shape index (κ2) is 8.48. The molecular weight excluding hydrogens is 427 g/mol. The Hall–Kier alpha value is -0.470. The molecule has 1 fully saturated rings. The third kappa shape index (κ3) is 5.26. The highest BCUT2D eigenvalue weighted by atomic mass is 35.6. The lowest BCUT2D eigenvalue weighted by atomic mass is 10.0. The van der Waals surface area contributed by atoms with Crippen molar-refractivity contribution in [3.8, 4) is 0 Å². The van der Waals surface area contributed by atoms with Crippen LogP contribution in [0.2, 0.25) is 0 Å². The van der Waals surface area contributed by atoms with E-state index >= 15 is 0 Å². The summed E-state index contributed by atoms with van der Waals surface area (Å²) in [5.41, 5.74) is 0.172. The molecule has 3 atom stereocenters. The number of halogens is 3. The SMILES string of the molecule is C=CCCC(=S)NC1C(=O)N2C(C(=O)OCC(Cl)(Cl)Cl)=CC(C)S[C@H]12. The number of thioether (sulfide) groups is 1. The normalized spacial score (nSPS) is 25.4. The van der Waals surface area contributed by atoms with Gasteiger partial charge in [-0.3, -0.25) is 9.69 Å². The van der Waals surface area contributed by atoms with Crippen molar-refractivity contribution < 1.29 is 14.3 Å². The minimum Gasteiger partial charge on any atom is -0.456 e. The molecule has 2 aliphatic heterocycles. The lowest BCUT2D eigenvalue weighted by Crippen LogP contribution is -2.70. The van der Waals surface area contributed by atoms with Crippen molar-refractivity contribution in [2.24, 2.45) is 0 Å². The number of carbonyl (C=O) groups is 2. The van der Waals surface area contributed by atoms with Crippen molar-refractivity contribution in [3.05, 3.63) is 24.4 Å². The van der Waals surface area contributed by atoms with Gasteiger partial charge in [0, 0.05) is 11.7 Å². The number of fused-ring (bicyclic) bond motifs is 1. The van der Waals surface area contributed by atoms with Gasteiger partial charge in [-0.15, -0.1) is 18.3 Å². The van der Waals surface area contributed by atoms with Crippen LogP contribution in [0.5, 0.6) is 0 Å². The maximum atomic E-state index is 12.5. The number of nitrogens with one attached hydrogen (secondary N) is 1. The number of ether oxygens (including phenoxy) is 1. The Morgan fingerprint density at radius 3 is 2.84 bits per heavy atom. The topological polar surface area (TPSA) is 58.6 Å². The number of allylic oxidation sites excluding steroid dienone is 1. The molecule has 1 saturated heterocycles. The number of thiocarbonyl (C=S) groups is 1. The molecule has 0 saturated carbocycles. The first-order valence-electron chi connectivity index (χ1n) is 7.48. The molecule has 0 bridgehead atoms. The molecule has 0 aromatic rings. The molecule has 10 heteroatoms. The molecule has 2 aliphatic rings. The van der Waals surface area contributed by atoms with Crippen molar-refractivity contribution in [1.82, 2.24) is 10.2 Å². The van der Waals surface area contributed by atoms with E-state index in [1.807, 2.05) is 6.92 Å². The van der Waals surface area contributed by atoms with E-state index < -0.39 is 22.4 Å². The first kappa shape index (κ1) is 20.8. The maximum absolute atomic E-state index is 12.5. The Morgan fingerprint density at radius 2 is 2.24 bits per heavy atom. The molecule has 0 radical (unpaired) electrons. The fraction of sp³-hybridized carbons (Fsp3) is 0.533. The minimum absolute atomic E-state index is 0.0238. The van der Waals surface area contributed by atoms with Gasteiger partial charge in [-0.1, -0.05) is 53.1 Å². The van der Waals surface area contributed by atoms with Gasteiger partial charge in [-0.25, -0.2) is 4.79 Å². The summed E-state index contributed by atoms with van der Waals surface area (Å²) in [5, 5.41) is 2.86. The van der Waals surface area contributed by atoms with Gasteiger partial charge in [-0.2, -0.15) is 0 Å². The second-order valence-corrected chi connectivity index (χ2v) is 10.1. The van der Waals surface area contributed by atoms with Gasteiger partial charge in [-0.05, 0) is 19.4 Å². The third-order valence-electron chi connectivity index (χ3n) is 3.52. The second-order valence-electron chi connectivity index (χ2n) is 5.56. The highest BCUT2D eigenvalue weighted by Gasteiger charge is 2.53. The Kier molecular flexibility index (Phi) is 7.07. The van der Waals surface area contributed by atoms with Gasteiger partial charge in [0.05, 0.1) is 4.99 Å². The van der Waals surface area contributed by atoms with Crippen LogP contribution in [0, 0.1) is 0 Å². The van der Waals surface area contributed by atoms with Crippen LogP contribution in [0.3, 0.4) is 0 Å². The third-order valence-corrected chi connectivity index (χ3v) is 5.49. The van der Waals surface area contributed by atoms with E-state index in [0.717, 1.165) is 6.42 Å². The number of carbonyl (C=O) groups excluding carboxylic acids is 2. The molecule has 0 spiro atoms. The maximum Gasteiger partial charge on any atom is 0.354 e. The van der Waals surface area contributed by atoms with Crippen LogP contribution in [0.15, 0.2) is 24.4 Å². The molecule has 1 amide bonds. The van der Waals surface area contributed by atoms with Crippen LogP contribution in [-0.4, -0.2) is 48.8 Å². The van der Waals surface area contributed by atoms with E-state index in [9.17, 15) is 9.59 Å². The molecule has 5 nitrogen and oxygen atoms in total. The summed E-state index contributed by atoms with van der Waals surface area (Å²) < 4.78 is 3.30. The van der Waals surface area contributed by atoms with Crippen LogP contribution >= 0.6 is 58.8 Å². The lowest BCUT2D eigenvalue weighted by Gasteiger charge is -2.50. The molecule has 0 aromatic carbocycles. The lowest BCUT2D eigenvalue weighted by molar-refractivity contribution is -0.151. The molecule has 138 valence electrons. The summed E-state index contributed by atoms with van der Waals surface area (Å²) >= 11 is 23.6. The zero-order chi connectivity index (χ0) is 18.8. The zero-order valence-corrected chi connectivity index (χ0v) is 17.2. The van der Waals surface area contributed by atoms with E-state index in [-0.39, 0.29) is 22.2 Å². The highest BCUT2D eigenvalue weighted by Crippen LogP contribution is 2.41. The standard InChI is InChI=1S/C15H17Cl3N2O3S2/c1-3-4-5-10(24)19-11-12(21)20-9(6-8(2)25-13(11)20)14(22)23-7-15(16,17)18/h3,6,8,11,13H,1,4-5,7H2,2H3,(H,19,24)/t8?,11?,13-/m1/s1.